The molecular formula is C26H19ClF3NO6. The number of carbonyl (C=O) groups excluding carboxylic acids is 2. The van der Waals surface area contributed by atoms with E-state index >= 15 is 0 Å². The van der Waals surface area contributed by atoms with Crippen molar-refractivity contribution in [1.82, 2.24) is 0 Å². The minimum atomic E-state index is -4.90. The van der Waals surface area contributed by atoms with Gasteiger partial charge in [0.05, 0.1) is 31.4 Å². The molecule has 0 saturated carbocycles. The molecule has 0 aliphatic carbocycles. The molecule has 1 aliphatic heterocycles. The smallest absolute Gasteiger partial charge is 0.507 e. The lowest BCUT2D eigenvalue weighted by atomic mass is 9.94. The van der Waals surface area contributed by atoms with Crippen molar-refractivity contribution < 1.29 is 42.1 Å². The number of nitrogens with zero attached hydrogens (tertiary/aromatic N) is 1. The minimum absolute atomic E-state index is 0.0785. The molecule has 1 aliphatic rings. The van der Waals surface area contributed by atoms with Crippen molar-refractivity contribution in [1.29, 1.82) is 0 Å². The van der Waals surface area contributed by atoms with Gasteiger partial charge in [-0.3, -0.25) is 14.5 Å². The van der Waals surface area contributed by atoms with Gasteiger partial charge in [0.1, 0.15) is 23.0 Å². The van der Waals surface area contributed by atoms with Crippen LogP contribution in [0.5, 0.6) is 17.2 Å². The SMILES string of the molecule is COc1cccc(C2/C(=C(\O)c3cc(Cl)ccc3OC)C(=O)C(=O)N2c2ccc(OC(F)(F)F)cc2)c1. The second-order valence-corrected chi connectivity index (χ2v) is 8.27. The van der Waals surface area contributed by atoms with Gasteiger partial charge in [0.2, 0.25) is 0 Å². The zero-order chi connectivity index (χ0) is 26.9. The summed E-state index contributed by atoms with van der Waals surface area (Å²) in [6.07, 6.45) is -4.90. The van der Waals surface area contributed by atoms with Gasteiger partial charge in [-0.1, -0.05) is 23.7 Å². The molecule has 3 aromatic carbocycles. The molecule has 192 valence electrons. The zero-order valence-corrected chi connectivity index (χ0v) is 20.1. The van der Waals surface area contributed by atoms with Gasteiger partial charge >= 0.3 is 6.36 Å². The Morgan fingerprint density at radius 2 is 1.65 bits per heavy atom. The predicted molar refractivity (Wildman–Crippen MR) is 129 cm³/mol. The topological polar surface area (TPSA) is 85.3 Å². The number of aliphatic hydroxyl groups is 1. The molecular weight excluding hydrogens is 515 g/mol. The third-order valence-corrected chi connectivity index (χ3v) is 5.85. The lowest BCUT2D eigenvalue weighted by Gasteiger charge is -2.26. The van der Waals surface area contributed by atoms with Crippen molar-refractivity contribution in [3.05, 3.63) is 88.5 Å². The van der Waals surface area contributed by atoms with Crippen LogP contribution in [0.15, 0.2) is 72.3 Å². The Labute approximate surface area is 214 Å². The van der Waals surface area contributed by atoms with Crippen LogP contribution < -0.4 is 19.1 Å². The summed E-state index contributed by atoms with van der Waals surface area (Å²) in [5.74, 6) is -2.44. The molecule has 0 radical (unpaired) electrons. The van der Waals surface area contributed by atoms with E-state index in [-0.39, 0.29) is 27.6 Å². The number of alkyl halides is 3. The highest BCUT2D eigenvalue weighted by atomic mass is 35.5. The average molecular weight is 534 g/mol. The van der Waals surface area contributed by atoms with Crippen LogP contribution in [0.25, 0.3) is 5.76 Å². The monoisotopic (exact) mass is 533 g/mol. The number of rotatable bonds is 6. The van der Waals surface area contributed by atoms with Crippen molar-refractivity contribution in [3.63, 3.8) is 0 Å². The van der Waals surface area contributed by atoms with Crippen molar-refractivity contribution >= 4 is 34.7 Å². The fourth-order valence-electron chi connectivity index (χ4n) is 4.04. The Morgan fingerprint density at radius 1 is 0.946 bits per heavy atom. The summed E-state index contributed by atoms with van der Waals surface area (Å²) in [5.41, 5.74) is 0.308. The number of hydrogen-bond acceptors (Lipinski definition) is 6. The first-order valence-corrected chi connectivity index (χ1v) is 11.1. The Hall–Kier alpha value is -4.18. The minimum Gasteiger partial charge on any atom is -0.507 e. The number of Topliss-reactive ketones (excluding diaryl/α,β-unsaturated/α-hetero) is 1. The molecule has 1 heterocycles. The van der Waals surface area contributed by atoms with Gasteiger partial charge in [0, 0.05) is 10.7 Å². The van der Waals surface area contributed by atoms with E-state index in [1.807, 2.05) is 0 Å². The van der Waals surface area contributed by atoms with Gasteiger partial charge in [-0.25, -0.2) is 0 Å². The molecule has 0 aromatic heterocycles. The number of carbonyl (C=O) groups is 2. The number of amides is 1. The van der Waals surface area contributed by atoms with E-state index in [9.17, 15) is 27.9 Å². The molecule has 0 spiro atoms. The fourth-order valence-corrected chi connectivity index (χ4v) is 4.22. The molecule has 37 heavy (non-hydrogen) atoms. The first-order chi connectivity index (χ1) is 17.5. The summed E-state index contributed by atoms with van der Waals surface area (Å²) in [6.45, 7) is 0. The largest absolute Gasteiger partial charge is 0.573 e. The maximum absolute atomic E-state index is 13.3. The highest BCUT2D eigenvalue weighted by Gasteiger charge is 2.47. The van der Waals surface area contributed by atoms with E-state index in [1.165, 1.54) is 44.6 Å². The van der Waals surface area contributed by atoms with Crippen LogP contribution in [0.4, 0.5) is 18.9 Å². The van der Waals surface area contributed by atoms with E-state index in [0.717, 1.165) is 17.0 Å². The van der Waals surface area contributed by atoms with Gasteiger partial charge < -0.3 is 19.3 Å². The molecule has 3 aromatic rings. The van der Waals surface area contributed by atoms with E-state index in [1.54, 1.807) is 24.3 Å². The van der Waals surface area contributed by atoms with E-state index in [4.69, 9.17) is 21.1 Å². The van der Waals surface area contributed by atoms with Crippen molar-refractivity contribution in [2.75, 3.05) is 19.1 Å². The summed E-state index contributed by atoms with van der Waals surface area (Å²) in [4.78, 5) is 27.6. The van der Waals surface area contributed by atoms with Gasteiger partial charge in [0.15, 0.2) is 0 Å². The van der Waals surface area contributed by atoms with Crippen molar-refractivity contribution in [2.45, 2.75) is 12.4 Å². The summed E-state index contributed by atoms with van der Waals surface area (Å²) in [6, 6.07) is 14.2. The third-order valence-electron chi connectivity index (χ3n) is 5.62. The summed E-state index contributed by atoms with van der Waals surface area (Å²) < 4.78 is 52.3. The summed E-state index contributed by atoms with van der Waals surface area (Å²) in [5, 5.41) is 11.5. The van der Waals surface area contributed by atoms with Crippen LogP contribution >= 0.6 is 11.6 Å². The highest BCUT2D eigenvalue weighted by Crippen LogP contribution is 2.44. The van der Waals surface area contributed by atoms with Crippen LogP contribution in [0, 0.1) is 0 Å². The second kappa shape index (κ2) is 10.1. The number of halogens is 4. The van der Waals surface area contributed by atoms with Crippen LogP contribution in [-0.4, -0.2) is 37.4 Å². The lowest BCUT2D eigenvalue weighted by molar-refractivity contribution is -0.274. The Morgan fingerprint density at radius 3 is 2.27 bits per heavy atom. The third kappa shape index (κ3) is 5.19. The lowest BCUT2D eigenvalue weighted by Crippen LogP contribution is -2.29. The van der Waals surface area contributed by atoms with E-state index in [0.29, 0.717) is 11.3 Å². The van der Waals surface area contributed by atoms with Gasteiger partial charge in [-0.2, -0.15) is 0 Å². The Kier molecular flexibility index (Phi) is 7.04. The van der Waals surface area contributed by atoms with Crippen LogP contribution in [-0.2, 0) is 9.59 Å². The normalized spacial score (nSPS) is 17.1. The average Bonchev–Trinajstić information content (AvgIpc) is 3.13. The molecule has 1 atom stereocenters. The Bertz CT molecular complexity index is 1390. The molecule has 0 bridgehead atoms. The first-order valence-electron chi connectivity index (χ1n) is 10.7. The molecule has 11 heteroatoms. The second-order valence-electron chi connectivity index (χ2n) is 7.83. The number of ether oxygens (including phenoxy) is 3. The van der Waals surface area contributed by atoms with Crippen LogP contribution in [0.1, 0.15) is 17.2 Å². The molecule has 4 rings (SSSR count). The number of benzene rings is 3. The Balaban J connectivity index is 1.91. The molecule has 7 nitrogen and oxygen atoms in total. The molecule has 1 N–H and O–H groups in total. The quantitative estimate of drug-likeness (QED) is 0.242. The standard InChI is InChI=1S/C26H19ClF3NO6/c1-35-18-5-3-4-14(12-18)22-21(23(32)19-13-15(27)6-11-20(19)36-2)24(33)25(34)31(22)16-7-9-17(10-8-16)37-26(28,29)30/h3-13,22,32H,1-2H3/b23-21+. The highest BCUT2D eigenvalue weighted by molar-refractivity contribution is 6.51. The van der Waals surface area contributed by atoms with Crippen LogP contribution in [0.2, 0.25) is 5.02 Å². The fraction of sp³-hybridized carbons (Fsp3) is 0.154. The van der Waals surface area contributed by atoms with Gasteiger partial charge in [-0.05, 0) is 60.2 Å². The van der Waals surface area contributed by atoms with Crippen molar-refractivity contribution in [3.8, 4) is 17.2 Å². The first kappa shape index (κ1) is 25.9. The number of methoxy groups -OCH3 is 2. The van der Waals surface area contributed by atoms with Crippen molar-refractivity contribution in [2.24, 2.45) is 0 Å². The van der Waals surface area contributed by atoms with Gasteiger partial charge in [0.25, 0.3) is 11.7 Å². The number of hydrogen-bond donors (Lipinski definition) is 1. The summed E-state index contributed by atoms with van der Waals surface area (Å²) >= 11 is 6.11. The molecule has 1 amide bonds. The molecule has 1 fully saturated rings. The maximum Gasteiger partial charge on any atom is 0.573 e. The molecule has 1 saturated heterocycles. The number of anilines is 1. The van der Waals surface area contributed by atoms with E-state index < -0.39 is 35.6 Å². The van der Waals surface area contributed by atoms with E-state index in [2.05, 4.69) is 4.74 Å². The summed E-state index contributed by atoms with van der Waals surface area (Å²) in [7, 11) is 2.80. The van der Waals surface area contributed by atoms with Crippen LogP contribution in [0.3, 0.4) is 0 Å². The predicted octanol–water partition coefficient (Wildman–Crippen LogP) is 5.88. The van der Waals surface area contributed by atoms with Gasteiger partial charge in [-0.15, -0.1) is 13.2 Å². The zero-order valence-electron chi connectivity index (χ0n) is 19.4. The molecule has 1 unspecified atom stereocenters. The number of ketones is 1. The number of aliphatic hydroxyl groups excluding tert-OH is 1. The maximum atomic E-state index is 13.3.